The van der Waals surface area contributed by atoms with Crippen molar-refractivity contribution in [3.8, 4) is 0 Å². The Morgan fingerprint density at radius 1 is 0.408 bits per heavy atom. The fraction of sp³-hybridized carbons (Fsp3) is 0.985. The Labute approximate surface area is 469 Å². The number of rotatable bonds is 59. The molecule has 0 aromatic rings. The Kier molecular flexibility index (Phi) is 52.6. The number of carbonyl (C=O) groups is 1. The highest BCUT2D eigenvalue weighted by molar-refractivity contribution is 5.80. The van der Waals surface area contributed by atoms with Gasteiger partial charge < -0.3 is 50.5 Å². The monoisotopic (exact) mass is 1080 g/mol. The van der Waals surface area contributed by atoms with Crippen LogP contribution in [0.15, 0.2) is 0 Å². The molecule has 0 radical (unpaired) electrons. The van der Waals surface area contributed by atoms with Crippen molar-refractivity contribution < 1.29 is 50.0 Å². The molecule has 0 saturated carbocycles. The molecule has 0 bridgehead atoms. The molecule has 1 heterocycles. The van der Waals surface area contributed by atoms with E-state index in [9.17, 15) is 40.5 Å². The van der Waals surface area contributed by atoms with Crippen LogP contribution in [0.5, 0.6) is 0 Å². The van der Waals surface area contributed by atoms with Gasteiger partial charge in [0.25, 0.3) is 0 Å². The molecule has 9 atom stereocenters. The van der Waals surface area contributed by atoms with Crippen LogP contribution in [0.2, 0.25) is 0 Å². The highest BCUT2D eigenvalue weighted by atomic mass is 16.7. The summed E-state index contributed by atoms with van der Waals surface area (Å²) < 4.78 is 11.2. The van der Waals surface area contributed by atoms with Gasteiger partial charge in [-0.3, -0.25) is 4.79 Å². The maximum Gasteiger partial charge on any atom is 0.249 e. The van der Waals surface area contributed by atoms with Crippen molar-refractivity contribution >= 4 is 5.91 Å². The fourth-order valence-corrected chi connectivity index (χ4v) is 11.3. The number of aliphatic hydroxyl groups is 7. The normalized spacial score (nSPS) is 19.5. The number of unbranched alkanes of at least 4 members (excludes halogenated alkanes) is 47. The lowest BCUT2D eigenvalue weighted by molar-refractivity contribution is -0.303. The Morgan fingerprint density at radius 2 is 0.684 bits per heavy atom. The molecule has 11 nitrogen and oxygen atoms in total. The topological polar surface area (TPSA) is 189 Å². The lowest BCUT2D eigenvalue weighted by Crippen LogP contribution is -2.60. The minimum absolute atomic E-state index is 0.267. The van der Waals surface area contributed by atoms with Crippen LogP contribution in [-0.4, -0.2) is 110 Å². The Morgan fingerprint density at radius 3 is 0.974 bits per heavy atom. The third-order valence-corrected chi connectivity index (χ3v) is 16.7. The standard InChI is InChI=1S/C65H129NO10/c1-3-5-7-9-11-13-15-17-19-21-23-25-26-27-28-29-30-31-32-33-35-36-38-40-42-44-46-48-50-52-57(68)60(70)56(55-75-65-63(73)62(72)61(71)59(54-67)76-65)66-64(74)58(69)53-51-49-47-45-43-41-39-37-34-24-22-20-18-16-14-12-10-8-6-4-2/h56-63,65,67-73H,3-55H2,1-2H3,(H,66,74). The number of hydrogen-bond acceptors (Lipinski definition) is 10. The van der Waals surface area contributed by atoms with Crippen molar-refractivity contribution in [2.24, 2.45) is 0 Å². The molecule has 11 heteroatoms. The number of hydrogen-bond donors (Lipinski definition) is 8. The second kappa shape index (κ2) is 54.7. The molecule has 1 aliphatic rings. The molecule has 1 aliphatic heterocycles. The number of nitrogens with one attached hydrogen (secondary N) is 1. The molecule has 76 heavy (non-hydrogen) atoms. The Bertz CT molecular complexity index is 1200. The molecule has 1 saturated heterocycles. The zero-order chi connectivity index (χ0) is 55.4. The number of aliphatic hydroxyl groups excluding tert-OH is 7. The molecule has 0 spiro atoms. The first-order chi connectivity index (χ1) is 37.2. The molecule has 1 rings (SSSR count). The average Bonchev–Trinajstić information content (AvgIpc) is 3.42. The molecule has 0 aromatic heterocycles. The summed E-state index contributed by atoms with van der Waals surface area (Å²) in [6.07, 6.45) is 53.2. The van der Waals surface area contributed by atoms with Gasteiger partial charge in [-0.1, -0.05) is 328 Å². The second-order valence-electron chi connectivity index (χ2n) is 23.9. The largest absolute Gasteiger partial charge is 0.394 e. The van der Waals surface area contributed by atoms with E-state index in [4.69, 9.17) is 9.47 Å². The molecule has 1 amide bonds. The first-order valence-electron chi connectivity index (χ1n) is 33.4. The van der Waals surface area contributed by atoms with Crippen LogP contribution >= 0.6 is 0 Å². The van der Waals surface area contributed by atoms with Gasteiger partial charge in [-0.25, -0.2) is 0 Å². The second-order valence-corrected chi connectivity index (χ2v) is 23.9. The predicted molar refractivity (Wildman–Crippen MR) is 316 cm³/mol. The van der Waals surface area contributed by atoms with Gasteiger partial charge in [0.1, 0.15) is 36.6 Å². The quantitative estimate of drug-likeness (QED) is 0.0272. The van der Waals surface area contributed by atoms with Gasteiger partial charge in [0.2, 0.25) is 5.91 Å². The summed E-state index contributed by atoms with van der Waals surface area (Å²) in [6.45, 7) is 3.52. The van der Waals surface area contributed by atoms with E-state index in [-0.39, 0.29) is 6.42 Å². The van der Waals surface area contributed by atoms with Gasteiger partial charge in [-0.2, -0.15) is 0 Å². The molecule has 8 N–H and O–H groups in total. The van der Waals surface area contributed by atoms with Crippen molar-refractivity contribution in [2.45, 2.75) is 396 Å². The number of carbonyl (C=O) groups excluding carboxylic acids is 1. The van der Waals surface area contributed by atoms with Crippen molar-refractivity contribution in [1.82, 2.24) is 5.32 Å². The van der Waals surface area contributed by atoms with E-state index in [1.165, 1.54) is 263 Å². The summed E-state index contributed by atoms with van der Waals surface area (Å²) >= 11 is 0. The lowest BCUT2D eigenvalue weighted by atomic mass is 9.98. The molecule has 454 valence electrons. The predicted octanol–water partition coefficient (Wildman–Crippen LogP) is 15.3. The average molecular weight is 1080 g/mol. The van der Waals surface area contributed by atoms with Crippen LogP contribution < -0.4 is 5.32 Å². The molecular weight excluding hydrogens is 955 g/mol. The van der Waals surface area contributed by atoms with Crippen molar-refractivity contribution in [3.63, 3.8) is 0 Å². The molecule has 1 fully saturated rings. The van der Waals surface area contributed by atoms with Crippen LogP contribution in [0.4, 0.5) is 0 Å². The van der Waals surface area contributed by atoms with Crippen molar-refractivity contribution in [1.29, 1.82) is 0 Å². The molecule has 9 unspecified atom stereocenters. The van der Waals surface area contributed by atoms with Crippen LogP contribution in [0.1, 0.15) is 341 Å². The van der Waals surface area contributed by atoms with E-state index in [2.05, 4.69) is 19.2 Å². The third kappa shape index (κ3) is 42.0. The van der Waals surface area contributed by atoms with E-state index in [0.29, 0.717) is 19.3 Å². The smallest absolute Gasteiger partial charge is 0.249 e. The van der Waals surface area contributed by atoms with Crippen LogP contribution in [0.25, 0.3) is 0 Å². The number of ether oxygens (including phenoxy) is 2. The molecule has 0 aliphatic carbocycles. The summed E-state index contributed by atoms with van der Waals surface area (Å²) in [6, 6.07) is -1.16. The maximum atomic E-state index is 13.2. The lowest BCUT2D eigenvalue weighted by Gasteiger charge is -2.40. The van der Waals surface area contributed by atoms with Crippen LogP contribution in [0.3, 0.4) is 0 Å². The van der Waals surface area contributed by atoms with Gasteiger partial charge in [0.05, 0.1) is 25.4 Å². The van der Waals surface area contributed by atoms with Crippen LogP contribution in [0, 0.1) is 0 Å². The number of amides is 1. The van der Waals surface area contributed by atoms with E-state index < -0.39 is 74.2 Å². The molecular formula is C65H129NO10. The Balaban J connectivity index is 2.20. The van der Waals surface area contributed by atoms with E-state index >= 15 is 0 Å². The summed E-state index contributed by atoms with van der Waals surface area (Å²) in [7, 11) is 0. The maximum absolute atomic E-state index is 13.2. The van der Waals surface area contributed by atoms with E-state index in [1.807, 2.05) is 0 Å². The summed E-state index contributed by atoms with van der Waals surface area (Å²) in [5, 5.41) is 76.4. The van der Waals surface area contributed by atoms with Gasteiger partial charge in [0, 0.05) is 0 Å². The fourth-order valence-electron chi connectivity index (χ4n) is 11.3. The minimum atomic E-state index is -1.66. The highest BCUT2D eigenvalue weighted by Gasteiger charge is 2.44. The minimum Gasteiger partial charge on any atom is -0.394 e. The zero-order valence-corrected chi connectivity index (χ0v) is 50.0. The van der Waals surface area contributed by atoms with Gasteiger partial charge in [0.15, 0.2) is 6.29 Å². The van der Waals surface area contributed by atoms with Gasteiger partial charge in [-0.15, -0.1) is 0 Å². The summed E-state index contributed by atoms with van der Waals surface area (Å²) in [4.78, 5) is 13.2. The van der Waals surface area contributed by atoms with E-state index in [0.717, 1.165) is 38.5 Å². The zero-order valence-electron chi connectivity index (χ0n) is 50.0. The summed E-state index contributed by atoms with van der Waals surface area (Å²) in [5.41, 5.74) is 0. The third-order valence-electron chi connectivity index (χ3n) is 16.7. The van der Waals surface area contributed by atoms with Crippen molar-refractivity contribution in [3.05, 3.63) is 0 Å². The van der Waals surface area contributed by atoms with Gasteiger partial charge in [-0.05, 0) is 12.8 Å². The SMILES string of the molecule is CCCCCCCCCCCCCCCCCCCCCCCCCCCCCCCC(O)C(O)C(COC1OC(CO)C(O)C(O)C1O)NC(=O)C(O)CCCCCCCCCCCCCCCCCCCCCC. The van der Waals surface area contributed by atoms with Gasteiger partial charge >= 0.3 is 0 Å². The molecule has 0 aromatic carbocycles. The van der Waals surface area contributed by atoms with Crippen molar-refractivity contribution in [2.75, 3.05) is 13.2 Å². The Hall–Kier alpha value is -0.890. The first-order valence-corrected chi connectivity index (χ1v) is 33.4. The summed E-state index contributed by atoms with van der Waals surface area (Å²) in [5.74, 6) is -0.688. The van der Waals surface area contributed by atoms with E-state index in [1.54, 1.807) is 0 Å². The highest BCUT2D eigenvalue weighted by Crippen LogP contribution is 2.24. The van der Waals surface area contributed by atoms with Crippen LogP contribution in [-0.2, 0) is 14.3 Å². The first kappa shape index (κ1) is 73.1.